The molecule has 0 amide bonds. The fraction of sp³-hybridized carbons (Fsp3) is 0.294. The number of ether oxygens (including phenoxy) is 1. The van der Waals surface area contributed by atoms with Crippen LogP contribution in [0.2, 0.25) is 0 Å². The molecule has 0 aliphatic heterocycles. The first-order valence-electron chi connectivity index (χ1n) is 7.31. The third-order valence-electron chi connectivity index (χ3n) is 3.28. The number of thiazole rings is 1. The third kappa shape index (κ3) is 4.22. The highest BCUT2D eigenvalue weighted by Gasteiger charge is 2.14. The lowest BCUT2D eigenvalue weighted by Crippen LogP contribution is -1.91. The van der Waals surface area contributed by atoms with Crippen LogP contribution in [-0.2, 0) is 17.1 Å². The summed E-state index contributed by atoms with van der Waals surface area (Å²) in [4.78, 5) is 8.95. The number of thioether (sulfide) groups is 1. The Hall–Kier alpha value is -1.63. The molecule has 23 heavy (non-hydrogen) atoms. The minimum absolute atomic E-state index is 0.181. The van der Waals surface area contributed by atoms with Gasteiger partial charge >= 0.3 is 0 Å². The van der Waals surface area contributed by atoms with E-state index < -0.39 is 0 Å². The Bertz CT molecular complexity index is 740. The van der Waals surface area contributed by atoms with Crippen molar-refractivity contribution in [3.05, 3.63) is 58.5 Å². The molecule has 4 nitrogen and oxygen atoms in total. The summed E-state index contributed by atoms with van der Waals surface area (Å²) in [5.41, 5.74) is 2.13. The Morgan fingerprint density at radius 1 is 1.30 bits per heavy atom. The van der Waals surface area contributed by atoms with E-state index >= 15 is 0 Å². The molecular weight excluding hydrogens is 328 g/mol. The van der Waals surface area contributed by atoms with E-state index in [4.69, 9.17) is 9.15 Å². The number of aromatic nitrogens is 2. The molecule has 3 rings (SSSR count). The molecule has 0 unspecified atom stereocenters. The zero-order valence-corrected chi connectivity index (χ0v) is 14.7. The van der Waals surface area contributed by atoms with Crippen molar-refractivity contribution in [2.24, 2.45) is 0 Å². The van der Waals surface area contributed by atoms with E-state index in [-0.39, 0.29) is 5.25 Å². The van der Waals surface area contributed by atoms with Crippen LogP contribution in [0.3, 0.4) is 0 Å². The van der Waals surface area contributed by atoms with Crippen LogP contribution in [0.5, 0.6) is 0 Å². The van der Waals surface area contributed by atoms with Crippen LogP contribution in [0.1, 0.15) is 28.8 Å². The van der Waals surface area contributed by atoms with Crippen LogP contribution in [0.4, 0.5) is 0 Å². The lowest BCUT2D eigenvalue weighted by Gasteiger charge is -2.05. The van der Waals surface area contributed by atoms with Crippen LogP contribution in [0, 0.1) is 0 Å². The average Bonchev–Trinajstić information content (AvgIpc) is 3.23. The lowest BCUT2D eigenvalue weighted by molar-refractivity contribution is 0.184. The average molecular weight is 346 g/mol. The summed E-state index contributed by atoms with van der Waals surface area (Å²) in [5, 5.41) is 3.28. The van der Waals surface area contributed by atoms with Gasteiger partial charge in [0.2, 0.25) is 5.89 Å². The zero-order valence-electron chi connectivity index (χ0n) is 13.1. The molecule has 2 heterocycles. The van der Waals surface area contributed by atoms with E-state index in [0.717, 1.165) is 33.7 Å². The number of hydrogen-bond donors (Lipinski definition) is 0. The van der Waals surface area contributed by atoms with Crippen molar-refractivity contribution in [3.8, 4) is 11.3 Å². The van der Waals surface area contributed by atoms with Gasteiger partial charge in [0.1, 0.15) is 5.01 Å². The van der Waals surface area contributed by atoms with E-state index in [1.54, 1.807) is 36.4 Å². The second kappa shape index (κ2) is 7.77. The molecule has 0 aliphatic rings. The zero-order chi connectivity index (χ0) is 16.1. The maximum absolute atomic E-state index is 5.89. The smallest absolute Gasteiger partial charge is 0.207 e. The number of rotatable bonds is 7. The highest BCUT2D eigenvalue weighted by atomic mass is 32.2. The van der Waals surface area contributed by atoms with Crippen LogP contribution >= 0.6 is 23.1 Å². The Balaban J connectivity index is 1.60. The van der Waals surface area contributed by atoms with Gasteiger partial charge in [-0.15, -0.1) is 23.1 Å². The Morgan fingerprint density at radius 2 is 2.13 bits per heavy atom. The summed E-state index contributed by atoms with van der Waals surface area (Å²) in [6, 6.07) is 10.0. The fourth-order valence-electron chi connectivity index (χ4n) is 2.10. The van der Waals surface area contributed by atoms with E-state index in [0.29, 0.717) is 6.61 Å². The van der Waals surface area contributed by atoms with Crippen molar-refractivity contribution in [3.63, 3.8) is 0 Å². The minimum atomic E-state index is 0.181. The Labute approximate surface area is 143 Å². The predicted octanol–water partition coefficient (Wildman–Crippen LogP) is 4.94. The lowest BCUT2D eigenvalue weighted by atomic mass is 10.2. The molecule has 0 radical (unpaired) electrons. The molecule has 120 valence electrons. The predicted molar refractivity (Wildman–Crippen MR) is 94.5 cm³/mol. The quantitative estimate of drug-likeness (QED) is 0.606. The van der Waals surface area contributed by atoms with Crippen LogP contribution in [-0.4, -0.2) is 17.1 Å². The summed E-state index contributed by atoms with van der Waals surface area (Å²) in [6.07, 6.45) is 1.79. The van der Waals surface area contributed by atoms with Crippen molar-refractivity contribution < 1.29 is 9.15 Å². The summed E-state index contributed by atoms with van der Waals surface area (Å²) in [5.74, 6) is 2.40. The first-order chi connectivity index (χ1) is 11.3. The van der Waals surface area contributed by atoms with E-state index in [9.17, 15) is 0 Å². The van der Waals surface area contributed by atoms with Crippen LogP contribution in [0.25, 0.3) is 11.3 Å². The van der Waals surface area contributed by atoms with Crippen molar-refractivity contribution in [2.45, 2.75) is 24.5 Å². The first kappa shape index (κ1) is 16.2. The first-order valence-corrected chi connectivity index (χ1v) is 9.24. The van der Waals surface area contributed by atoms with Crippen molar-refractivity contribution in [2.75, 3.05) is 7.11 Å². The van der Waals surface area contributed by atoms with E-state index in [2.05, 4.69) is 22.3 Å². The maximum Gasteiger partial charge on any atom is 0.207 e. The van der Waals surface area contributed by atoms with Gasteiger partial charge in [0, 0.05) is 23.8 Å². The van der Waals surface area contributed by atoms with Crippen molar-refractivity contribution >= 4 is 23.1 Å². The molecular formula is C17H18N2O2S2. The summed E-state index contributed by atoms with van der Waals surface area (Å²) in [6.45, 7) is 2.68. The summed E-state index contributed by atoms with van der Waals surface area (Å²) >= 11 is 3.40. The summed E-state index contributed by atoms with van der Waals surface area (Å²) < 4.78 is 11.0. The molecule has 0 spiro atoms. The molecule has 0 saturated heterocycles. The number of benzene rings is 1. The number of methoxy groups -OCH3 is 1. The van der Waals surface area contributed by atoms with Crippen LogP contribution < -0.4 is 0 Å². The molecule has 0 fully saturated rings. The number of hydrogen-bond acceptors (Lipinski definition) is 6. The van der Waals surface area contributed by atoms with Crippen LogP contribution in [0.15, 0.2) is 46.3 Å². The van der Waals surface area contributed by atoms with Gasteiger partial charge in [-0.2, -0.15) is 0 Å². The summed E-state index contributed by atoms with van der Waals surface area (Å²) in [7, 11) is 1.69. The van der Waals surface area contributed by atoms with Gasteiger partial charge in [0.05, 0.1) is 23.7 Å². The SMILES string of the molecule is COCc1nc(CS[C@H](C)c2ncc(-c3ccccc3)o2)cs1. The highest BCUT2D eigenvalue weighted by Crippen LogP contribution is 2.32. The maximum atomic E-state index is 5.89. The molecule has 1 atom stereocenters. The van der Waals surface area contributed by atoms with Gasteiger partial charge in [-0.05, 0) is 6.92 Å². The molecule has 6 heteroatoms. The molecule has 2 aromatic heterocycles. The number of nitrogens with zero attached hydrogens (tertiary/aromatic N) is 2. The molecule has 3 aromatic rings. The number of oxazole rings is 1. The molecule has 0 saturated carbocycles. The standard InChI is InChI=1S/C17H18N2O2S2/c1-12(22-10-14-11-23-16(19-14)9-20-2)17-18-8-15(21-17)13-6-4-3-5-7-13/h3-8,11-12H,9-10H2,1-2H3/t12-/m1/s1. The van der Waals surface area contributed by atoms with E-state index in [1.165, 1.54) is 0 Å². The molecule has 0 bridgehead atoms. The topological polar surface area (TPSA) is 48.2 Å². The molecule has 0 aliphatic carbocycles. The second-order valence-corrected chi connectivity index (χ2v) is 7.32. The second-order valence-electron chi connectivity index (χ2n) is 5.05. The van der Waals surface area contributed by atoms with Gasteiger partial charge in [-0.25, -0.2) is 9.97 Å². The highest BCUT2D eigenvalue weighted by molar-refractivity contribution is 7.98. The van der Waals surface area contributed by atoms with Gasteiger partial charge in [-0.1, -0.05) is 30.3 Å². The van der Waals surface area contributed by atoms with Crippen molar-refractivity contribution in [1.82, 2.24) is 9.97 Å². The molecule has 0 N–H and O–H groups in total. The van der Waals surface area contributed by atoms with Crippen molar-refractivity contribution in [1.29, 1.82) is 0 Å². The molecule has 1 aromatic carbocycles. The fourth-order valence-corrected chi connectivity index (χ4v) is 3.79. The largest absolute Gasteiger partial charge is 0.440 e. The Kier molecular flexibility index (Phi) is 5.48. The minimum Gasteiger partial charge on any atom is -0.440 e. The van der Waals surface area contributed by atoms with Gasteiger partial charge in [-0.3, -0.25) is 0 Å². The van der Waals surface area contributed by atoms with Gasteiger partial charge in [0.25, 0.3) is 0 Å². The monoisotopic (exact) mass is 346 g/mol. The van der Waals surface area contributed by atoms with Gasteiger partial charge in [0.15, 0.2) is 5.76 Å². The van der Waals surface area contributed by atoms with E-state index in [1.807, 2.05) is 30.3 Å². The third-order valence-corrected chi connectivity index (χ3v) is 5.31. The Morgan fingerprint density at radius 3 is 2.91 bits per heavy atom. The normalized spacial score (nSPS) is 12.4. The van der Waals surface area contributed by atoms with Gasteiger partial charge < -0.3 is 9.15 Å².